The number of hydrogen-bond acceptors (Lipinski definition) is 3. The van der Waals surface area contributed by atoms with Crippen LogP contribution in [0, 0.1) is 0 Å². The van der Waals surface area contributed by atoms with Gasteiger partial charge in [-0.15, -0.1) is 0 Å². The summed E-state index contributed by atoms with van der Waals surface area (Å²) in [6.45, 7) is 0.516. The molecule has 0 aliphatic rings. The second-order valence-electron chi connectivity index (χ2n) is 6.38. The van der Waals surface area contributed by atoms with E-state index < -0.39 is 0 Å². The molecule has 0 fully saturated rings. The molecule has 0 aliphatic carbocycles. The first-order valence-electron chi connectivity index (χ1n) is 8.76. The van der Waals surface area contributed by atoms with E-state index in [9.17, 15) is 5.11 Å². The van der Waals surface area contributed by atoms with Crippen molar-refractivity contribution in [3.63, 3.8) is 0 Å². The normalized spacial score (nSPS) is 10.8. The summed E-state index contributed by atoms with van der Waals surface area (Å²) in [5, 5.41) is 16.9. The summed E-state index contributed by atoms with van der Waals surface area (Å²) in [4.78, 5) is 0. The predicted molar refractivity (Wildman–Crippen MR) is 116 cm³/mol. The molecule has 0 spiro atoms. The van der Waals surface area contributed by atoms with Crippen molar-refractivity contribution >= 4 is 39.7 Å². The molecule has 140 valence electrons. The van der Waals surface area contributed by atoms with Gasteiger partial charge in [-0.1, -0.05) is 53.5 Å². The van der Waals surface area contributed by atoms with E-state index in [1.807, 2.05) is 24.3 Å². The smallest absolute Gasteiger partial charge is 0.169 e. The van der Waals surface area contributed by atoms with Crippen molar-refractivity contribution in [1.82, 2.24) is 0 Å². The quantitative estimate of drug-likeness (QED) is 0.364. The summed E-state index contributed by atoms with van der Waals surface area (Å²) in [5.41, 5.74) is 1.87. The summed E-state index contributed by atoms with van der Waals surface area (Å²) in [5.74, 6) is 0.921. The molecule has 2 N–H and O–H groups in total. The third-order valence-corrected chi connectivity index (χ3v) is 4.87. The van der Waals surface area contributed by atoms with E-state index in [-0.39, 0.29) is 5.75 Å². The third-order valence-electron chi connectivity index (χ3n) is 4.40. The molecule has 0 radical (unpaired) electrons. The minimum atomic E-state index is -0.0177. The van der Waals surface area contributed by atoms with Gasteiger partial charge in [-0.3, -0.25) is 0 Å². The second-order valence-corrected chi connectivity index (χ2v) is 7.25. The van der Waals surface area contributed by atoms with Gasteiger partial charge in [0.25, 0.3) is 0 Å². The van der Waals surface area contributed by atoms with Gasteiger partial charge >= 0.3 is 0 Å². The van der Waals surface area contributed by atoms with Crippen LogP contribution in [0.4, 0.5) is 5.69 Å². The number of benzene rings is 4. The maximum absolute atomic E-state index is 10.1. The molecule has 4 aromatic carbocycles. The van der Waals surface area contributed by atoms with Gasteiger partial charge in [-0.05, 0) is 53.2 Å². The molecule has 4 aromatic rings. The van der Waals surface area contributed by atoms with E-state index >= 15 is 0 Å². The van der Waals surface area contributed by atoms with Crippen molar-refractivity contribution in [2.24, 2.45) is 0 Å². The van der Waals surface area contributed by atoms with Crippen LogP contribution in [0.15, 0.2) is 78.9 Å². The molecule has 0 aromatic heterocycles. The zero-order valence-electron chi connectivity index (χ0n) is 14.8. The first kappa shape index (κ1) is 18.5. The van der Waals surface area contributed by atoms with E-state index in [1.165, 1.54) is 16.8 Å². The van der Waals surface area contributed by atoms with Crippen LogP contribution in [0.3, 0.4) is 0 Å². The van der Waals surface area contributed by atoms with Crippen LogP contribution in [-0.2, 0) is 6.54 Å². The summed E-state index contributed by atoms with van der Waals surface area (Å²) >= 11 is 12.1. The highest BCUT2D eigenvalue weighted by Crippen LogP contribution is 2.35. The van der Waals surface area contributed by atoms with E-state index in [1.54, 1.807) is 24.3 Å². The summed E-state index contributed by atoms with van der Waals surface area (Å²) in [7, 11) is 0. The van der Waals surface area contributed by atoms with E-state index in [0.29, 0.717) is 28.1 Å². The first-order valence-corrected chi connectivity index (χ1v) is 9.51. The monoisotopic (exact) mass is 409 g/mol. The maximum Gasteiger partial charge on any atom is 0.169 e. The fourth-order valence-corrected chi connectivity index (χ4v) is 3.34. The Hall–Kier alpha value is -2.88. The highest BCUT2D eigenvalue weighted by atomic mass is 35.5. The van der Waals surface area contributed by atoms with Gasteiger partial charge in [0.2, 0.25) is 0 Å². The van der Waals surface area contributed by atoms with Crippen LogP contribution in [0.1, 0.15) is 5.56 Å². The molecule has 0 bridgehead atoms. The lowest BCUT2D eigenvalue weighted by atomic mass is 10.1. The zero-order chi connectivity index (χ0) is 19.5. The van der Waals surface area contributed by atoms with Gasteiger partial charge in [0.15, 0.2) is 11.5 Å². The van der Waals surface area contributed by atoms with Crippen LogP contribution < -0.4 is 10.1 Å². The molecule has 0 saturated carbocycles. The van der Waals surface area contributed by atoms with Gasteiger partial charge in [-0.25, -0.2) is 0 Å². The molecule has 0 amide bonds. The number of aromatic hydroxyl groups is 1. The molecule has 28 heavy (non-hydrogen) atoms. The van der Waals surface area contributed by atoms with Crippen LogP contribution in [0.5, 0.6) is 17.2 Å². The zero-order valence-corrected chi connectivity index (χ0v) is 16.3. The Balaban J connectivity index is 1.57. The summed E-state index contributed by atoms with van der Waals surface area (Å²) in [6.07, 6.45) is 0. The molecule has 5 heteroatoms. The highest BCUT2D eigenvalue weighted by molar-refractivity contribution is 6.31. The van der Waals surface area contributed by atoms with Gasteiger partial charge in [0.05, 0.1) is 0 Å². The van der Waals surface area contributed by atoms with Gasteiger partial charge in [0.1, 0.15) is 5.75 Å². The lowest BCUT2D eigenvalue weighted by Gasteiger charge is -2.14. The summed E-state index contributed by atoms with van der Waals surface area (Å²) in [6, 6.07) is 24.6. The molecule has 0 heterocycles. The molecule has 0 saturated heterocycles. The van der Waals surface area contributed by atoms with E-state index in [4.69, 9.17) is 27.9 Å². The molecule has 3 nitrogen and oxygen atoms in total. The first-order chi connectivity index (χ1) is 13.6. The van der Waals surface area contributed by atoms with E-state index in [0.717, 1.165) is 11.3 Å². The average Bonchev–Trinajstić information content (AvgIpc) is 2.70. The van der Waals surface area contributed by atoms with Crippen LogP contribution in [0.25, 0.3) is 10.8 Å². The Morgan fingerprint density at radius 2 is 1.46 bits per heavy atom. The van der Waals surface area contributed by atoms with Crippen LogP contribution in [0.2, 0.25) is 10.0 Å². The average molecular weight is 410 g/mol. The van der Waals surface area contributed by atoms with Crippen molar-refractivity contribution in [2.45, 2.75) is 6.54 Å². The molecule has 4 rings (SSSR count). The van der Waals surface area contributed by atoms with Crippen molar-refractivity contribution in [2.75, 3.05) is 5.32 Å². The van der Waals surface area contributed by atoms with Crippen molar-refractivity contribution in [3.8, 4) is 17.2 Å². The third kappa shape index (κ3) is 4.16. The number of phenols is 1. The fraction of sp³-hybridized carbons (Fsp3) is 0.0435. The Morgan fingerprint density at radius 1 is 0.750 bits per heavy atom. The lowest BCUT2D eigenvalue weighted by molar-refractivity contribution is 0.409. The number of ether oxygens (including phenoxy) is 1. The van der Waals surface area contributed by atoms with Crippen LogP contribution in [-0.4, -0.2) is 5.11 Å². The maximum atomic E-state index is 10.1. The fourth-order valence-electron chi connectivity index (χ4n) is 2.98. The molecular weight excluding hydrogens is 393 g/mol. The number of fused-ring (bicyclic) bond motifs is 1. The Kier molecular flexibility index (Phi) is 5.29. The number of phenolic OH excluding ortho intramolecular Hbond substituents is 1. The SMILES string of the molecule is Oc1cc(Cl)ccc1Oc1ccc(Cl)cc1CNc1ccc2ccccc2c1. The molecule has 0 unspecified atom stereocenters. The van der Waals surface area contributed by atoms with Gasteiger partial charge in [0, 0.05) is 33.9 Å². The Labute approximate surface area is 173 Å². The topological polar surface area (TPSA) is 41.5 Å². The number of halogens is 2. The van der Waals surface area contributed by atoms with Gasteiger partial charge < -0.3 is 15.2 Å². The standard InChI is InChI=1S/C23H17Cl2NO2/c24-18-6-9-22(28-23-10-7-19(25)13-21(23)27)17(11-18)14-26-20-8-5-15-3-1-2-4-16(15)12-20/h1-13,26-27H,14H2. The largest absolute Gasteiger partial charge is 0.504 e. The number of rotatable bonds is 5. The number of nitrogens with one attached hydrogen (secondary N) is 1. The number of hydrogen-bond donors (Lipinski definition) is 2. The second kappa shape index (κ2) is 8.01. The number of anilines is 1. The minimum absolute atomic E-state index is 0.0177. The predicted octanol–water partition coefficient (Wildman–Crippen LogP) is 7.26. The lowest BCUT2D eigenvalue weighted by Crippen LogP contribution is -2.01. The molecular formula is C23H17Cl2NO2. The van der Waals surface area contributed by atoms with Crippen molar-refractivity contribution < 1.29 is 9.84 Å². The molecule has 0 atom stereocenters. The van der Waals surface area contributed by atoms with Crippen LogP contribution >= 0.6 is 23.2 Å². The molecule has 0 aliphatic heterocycles. The van der Waals surface area contributed by atoms with Gasteiger partial charge in [-0.2, -0.15) is 0 Å². The van der Waals surface area contributed by atoms with Crippen molar-refractivity contribution in [1.29, 1.82) is 0 Å². The van der Waals surface area contributed by atoms with Crippen molar-refractivity contribution in [3.05, 3.63) is 94.5 Å². The van der Waals surface area contributed by atoms with E-state index in [2.05, 4.69) is 29.6 Å². The minimum Gasteiger partial charge on any atom is -0.504 e. The summed E-state index contributed by atoms with van der Waals surface area (Å²) < 4.78 is 5.90. The Bertz CT molecular complexity index is 1140. The Morgan fingerprint density at radius 3 is 2.25 bits per heavy atom. The highest BCUT2D eigenvalue weighted by Gasteiger charge is 2.10.